The molecule has 1 heterocycles. The van der Waals surface area contributed by atoms with Gasteiger partial charge in [0.25, 0.3) is 0 Å². The van der Waals surface area contributed by atoms with Gasteiger partial charge in [-0.2, -0.15) is 4.98 Å². The second kappa shape index (κ2) is 3.42. The monoisotopic (exact) mass is 208 g/mol. The third kappa shape index (κ3) is 1.63. The number of rotatable bonds is 1. The largest absolute Gasteiger partial charge is 0.339 e. The van der Waals surface area contributed by atoms with Gasteiger partial charge < -0.3 is 4.52 Å². The number of hydrogen-bond acceptors (Lipinski definition) is 3. The molecule has 1 aromatic heterocycles. The molecule has 0 aliphatic rings. The van der Waals surface area contributed by atoms with E-state index in [4.69, 9.17) is 16.1 Å². The molecule has 0 unspecified atom stereocenters. The molecule has 14 heavy (non-hydrogen) atoms. The SMILES string of the molecule is Cc1nc(-c2ccc(Cl)c(C)c2)no1. The van der Waals surface area contributed by atoms with Crippen molar-refractivity contribution in [1.29, 1.82) is 0 Å². The Labute approximate surface area is 86.7 Å². The summed E-state index contributed by atoms with van der Waals surface area (Å²) in [6.45, 7) is 3.71. The summed E-state index contributed by atoms with van der Waals surface area (Å²) < 4.78 is 4.89. The molecule has 0 fully saturated rings. The van der Waals surface area contributed by atoms with E-state index in [0.717, 1.165) is 16.1 Å². The molecule has 0 aliphatic heterocycles. The molecule has 1 aromatic carbocycles. The Bertz CT molecular complexity index is 465. The third-order valence-corrected chi connectivity index (χ3v) is 2.37. The summed E-state index contributed by atoms with van der Waals surface area (Å²) in [5, 5.41) is 4.57. The fraction of sp³-hybridized carbons (Fsp3) is 0.200. The van der Waals surface area contributed by atoms with Crippen LogP contribution in [0.15, 0.2) is 22.7 Å². The van der Waals surface area contributed by atoms with Gasteiger partial charge in [-0.3, -0.25) is 0 Å². The van der Waals surface area contributed by atoms with Gasteiger partial charge in [0.1, 0.15) is 0 Å². The molecule has 0 radical (unpaired) electrons. The van der Waals surface area contributed by atoms with Gasteiger partial charge in [-0.25, -0.2) is 0 Å². The molecule has 3 nitrogen and oxygen atoms in total. The van der Waals surface area contributed by atoms with Crippen molar-refractivity contribution in [3.05, 3.63) is 34.7 Å². The molecule has 0 saturated carbocycles. The van der Waals surface area contributed by atoms with Crippen molar-refractivity contribution < 1.29 is 4.52 Å². The molecule has 0 N–H and O–H groups in total. The van der Waals surface area contributed by atoms with Crippen molar-refractivity contribution in [3.63, 3.8) is 0 Å². The van der Waals surface area contributed by atoms with E-state index in [1.807, 2.05) is 25.1 Å². The number of hydrogen-bond donors (Lipinski definition) is 0. The van der Waals surface area contributed by atoms with E-state index in [1.54, 1.807) is 6.92 Å². The van der Waals surface area contributed by atoms with Gasteiger partial charge >= 0.3 is 0 Å². The quantitative estimate of drug-likeness (QED) is 0.723. The highest BCUT2D eigenvalue weighted by molar-refractivity contribution is 6.31. The van der Waals surface area contributed by atoms with E-state index < -0.39 is 0 Å². The third-order valence-electron chi connectivity index (χ3n) is 1.94. The van der Waals surface area contributed by atoms with Crippen LogP contribution in [0.25, 0.3) is 11.4 Å². The maximum Gasteiger partial charge on any atom is 0.223 e. The predicted molar refractivity (Wildman–Crippen MR) is 54.2 cm³/mol. The van der Waals surface area contributed by atoms with Gasteiger partial charge in [0.05, 0.1) is 0 Å². The van der Waals surface area contributed by atoms with Crippen LogP contribution in [-0.4, -0.2) is 10.1 Å². The van der Waals surface area contributed by atoms with Crippen molar-refractivity contribution in [3.8, 4) is 11.4 Å². The van der Waals surface area contributed by atoms with Crippen molar-refractivity contribution in [2.24, 2.45) is 0 Å². The van der Waals surface area contributed by atoms with Crippen LogP contribution in [0.5, 0.6) is 0 Å². The van der Waals surface area contributed by atoms with E-state index in [1.165, 1.54) is 0 Å². The fourth-order valence-electron chi connectivity index (χ4n) is 1.20. The molecule has 72 valence electrons. The Kier molecular flexibility index (Phi) is 2.25. The van der Waals surface area contributed by atoms with E-state index in [2.05, 4.69) is 10.1 Å². The number of aryl methyl sites for hydroxylation is 2. The molecular weight excluding hydrogens is 200 g/mol. The van der Waals surface area contributed by atoms with Gasteiger partial charge in [0.15, 0.2) is 0 Å². The van der Waals surface area contributed by atoms with Gasteiger partial charge in [-0.15, -0.1) is 0 Å². The van der Waals surface area contributed by atoms with Gasteiger partial charge in [-0.05, 0) is 30.7 Å². The maximum atomic E-state index is 5.91. The highest BCUT2D eigenvalue weighted by Gasteiger charge is 2.06. The van der Waals surface area contributed by atoms with Crippen LogP contribution in [-0.2, 0) is 0 Å². The lowest BCUT2D eigenvalue weighted by atomic mass is 10.1. The summed E-state index contributed by atoms with van der Waals surface area (Å²) in [6, 6.07) is 5.64. The van der Waals surface area contributed by atoms with Crippen molar-refractivity contribution in [1.82, 2.24) is 10.1 Å². The number of halogens is 1. The average molecular weight is 209 g/mol. The number of benzene rings is 1. The minimum atomic E-state index is 0.563. The Morgan fingerprint density at radius 3 is 2.64 bits per heavy atom. The first-order valence-electron chi connectivity index (χ1n) is 4.23. The highest BCUT2D eigenvalue weighted by Crippen LogP contribution is 2.22. The number of nitrogens with zero attached hydrogens (tertiary/aromatic N) is 2. The zero-order valence-corrected chi connectivity index (χ0v) is 8.67. The lowest BCUT2D eigenvalue weighted by Gasteiger charge is -1.98. The molecule has 0 bridgehead atoms. The molecule has 0 saturated heterocycles. The van der Waals surface area contributed by atoms with Crippen LogP contribution < -0.4 is 0 Å². The predicted octanol–water partition coefficient (Wildman–Crippen LogP) is 3.01. The molecule has 0 amide bonds. The minimum absolute atomic E-state index is 0.563. The summed E-state index contributed by atoms with van der Waals surface area (Å²) in [7, 11) is 0. The van der Waals surface area contributed by atoms with Gasteiger partial charge in [-0.1, -0.05) is 16.8 Å². The first-order valence-corrected chi connectivity index (χ1v) is 4.61. The second-order valence-electron chi connectivity index (χ2n) is 3.10. The van der Waals surface area contributed by atoms with E-state index in [-0.39, 0.29) is 0 Å². The molecular formula is C10H9ClN2O. The summed E-state index contributed by atoms with van der Waals surface area (Å²) >= 11 is 5.91. The van der Waals surface area contributed by atoms with Crippen LogP contribution in [0, 0.1) is 13.8 Å². The van der Waals surface area contributed by atoms with Crippen LogP contribution in [0.3, 0.4) is 0 Å². The summed E-state index contributed by atoms with van der Waals surface area (Å²) in [4.78, 5) is 4.13. The maximum absolute atomic E-state index is 5.91. The standard InChI is InChI=1S/C10H9ClN2O/c1-6-5-8(3-4-9(6)11)10-12-7(2)14-13-10/h3-5H,1-2H3. The average Bonchev–Trinajstić information content (AvgIpc) is 2.57. The van der Waals surface area contributed by atoms with E-state index in [0.29, 0.717) is 11.7 Å². The molecule has 4 heteroatoms. The zero-order valence-electron chi connectivity index (χ0n) is 7.91. The van der Waals surface area contributed by atoms with Crippen LogP contribution in [0.2, 0.25) is 5.02 Å². The first-order chi connectivity index (χ1) is 6.66. The van der Waals surface area contributed by atoms with Crippen LogP contribution in [0.4, 0.5) is 0 Å². The lowest BCUT2D eigenvalue weighted by Crippen LogP contribution is -1.82. The Morgan fingerprint density at radius 1 is 1.29 bits per heavy atom. The van der Waals surface area contributed by atoms with Crippen LogP contribution >= 0.6 is 11.6 Å². The first kappa shape index (κ1) is 9.21. The molecule has 0 aliphatic carbocycles. The smallest absolute Gasteiger partial charge is 0.223 e. The molecule has 0 atom stereocenters. The zero-order chi connectivity index (χ0) is 10.1. The summed E-state index contributed by atoms with van der Waals surface area (Å²) in [5.41, 5.74) is 1.93. The second-order valence-corrected chi connectivity index (χ2v) is 3.51. The molecule has 0 spiro atoms. The fourth-order valence-corrected chi connectivity index (χ4v) is 1.32. The van der Waals surface area contributed by atoms with Gasteiger partial charge in [0.2, 0.25) is 11.7 Å². The summed E-state index contributed by atoms with van der Waals surface area (Å²) in [6.07, 6.45) is 0. The molecule has 2 aromatic rings. The molecule has 2 rings (SSSR count). The normalized spacial score (nSPS) is 10.5. The van der Waals surface area contributed by atoms with Crippen molar-refractivity contribution >= 4 is 11.6 Å². The highest BCUT2D eigenvalue weighted by atomic mass is 35.5. The summed E-state index contributed by atoms with van der Waals surface area (Å²) in [5.74, 6) is 1.16. The lowest BCUT2D eigenvalue weighted by molar-refractivity contribution is 0.394. The Morgan fingerprint density at radius 2 is 2.07 bits per heavy atom. The topological polar surface area (TPSA) is 38.9 Å². The van der Waals surface area contributed by atoms with E-state index in [9.17, 15) is 0 Å². The van der Waals surface area contributed by atoms with Crippen molar-refractivity contribution in [2.75, 3.05) is 0 Å². The minimum Gasteiger partial charge on any atom is -0.339 e. The van der Waals surface area contributed by atoms with Crippen molar-refractivity contribution in [2.45, 2.75) is 13.8 Å². The van der Waals surface area contributed by atoms with Crippen LogP contribution in [0.1, 0.15) is 11.5 Å². The number of aromatic nitrogens is 2. The Balaban J connectivity index is 2.47. The van der Waals surface area contributed by atoms with Gasteiger partial charge in [0, 0.05) is 17.5 Å². The Hall–Kier alpha value is -1.35. The van der Waals surface area contributed by atoms with E-state index >= 15 is 0 Å².